The summed E-state index contributed by atoms with van der Waals surface area (Å²) in [5.41, 5.74) is -2.12. The number of aliphatic hydroxyl groups excluding tert-OH is 3. The first-order chi connectivity index (χ1) is 8.44. The van der Waals surface area contributed by atoms with Gasteiger partial charge in [-0.1, -0.05) is 0 Å². The molecular formula is C9H17ClN2O6. The number of amides is 2. The van der Waals surface area contributed by atoms with Gasteiger partial charge in [0, 0.05) is 12.4 Å². The van der Waals surface area contributed by atoms with Gasteiger partial charge >= 0.3 is 6.03 Å². The van der Waals surface area contributed by atoms with Crippen LogP contribution in [0.5, 0.6) is 0 Å². The van der Waals surface area contributed by atoms with Crippen LogP contribution in [0.4, 0.5) is 4.79 Å². The van der Waals surface area contributed by atoms with Crippen LogP contribution in [-0.4, -0.2) is 76.1 Å². The highest BCUT2D eigenvalue weighted by Crippen LogP contribution is 2.22. The quantitative estimate of drug-likeness (QED) is 0.246. The van der Waals surface area contributed by atoms with E-state index < -0.39 is 43.3 Å². The van der Waals surface area contributed by atoms with Gasteiger partial charge in [0.15, 0.2) is 5.72 Å². The lowest BCUT2D eigenvalue weighted by Gasteiger charge is -2.42. The highest BCUT2D eigenvalue weighted by molar-refractivity contribution is 6.18. The summed E-state index contributed by atoms with van der Waals surface area (Å²) in [7, 11) is 0. The molecule has 0 aliphatic carbocycles. The molecule has 0 spiro atoms. The minimum atomic E-state index is -2.12. The number of alkyl halides is 1. The molecule has 6 N–H and O–H groups in total. The summed E-state index contributed by atoms with van der Waals surface area (Å²) in [4.78, 5) is 11.3. The van der Waals surface area contributed by atoms with Crippen LogP contribution < -0.4 is 10.6 Å². The Morgan fingerprint density at radius 3 is 2.72 bits per heavy atom. The molecule has 1 saturated heterocycles. The van der Waals surface area contributed by atoms with Crippen molar-refractivity contribution in [1.82, 2.24) is 10.6 Å². The van der Waals surface area contributed by atoms with Crippen LogP contribution in [0, 0.1) is 0 Å². The number of hydrogen-bond acceptors (Lipinski definition) is 6. The molecule has 9 heteroatoms. The molecule has 18 heavy (non-hydrogen) atoms. The van der Waals surface area contributed by atoms with E-state index in [1.807, 2.05) is 0 Å². The zero-order valence-corrected chi connectivity index (χ0v) is 10.3. The highest BCUT2D eigenvalue weighted by atomic mass is 35.5. The lowest BCUT2D eigenvalue weighted by atomic mass is 9.95. The van der Waals surface area contributed by atoms with E-state index in [2.05, 4.69) is 10.6 Å². The molecule has 1 aliphatic heterocycles. The maximum absolute atomic E-state index is 11.3. The van der Waals surface area contributed by atoms with Crippen LogP contribution in [0.3, 0.4) is 0 Å². The topological polar surface area (TPSA) is 131 Å². The summed E-state index contributed by atoms with van der Waals surface area (Å²) in [6.45, 7) is -0.778. The van der Waals surface area contributed by atoms with Crippen LogP contribution >= 0.6 is 11.6 Å². The molecule has 4 atom stereocenters. The zero-order chi connectivity index (χ0) is 13.8. The third-order valence-electron chi connectivity index (χ3n) is 2.60. The largest absolute Gasteiger partial charge is 0.394 e. The first-order valence-electron chi connectivity index (χ1n) is 5.37. The smallest absolute Gasteiger partial charge is 0.317 e. The highest BCUT2D eigenvalue weighted by Gasteiger charge is 2.49. The zero-order valence-electron chi connectivity index (χ0n) is 9.54. The molecule has 106 valence electrons. The van der Waals surface area contributed by atoms with Crippen LogP contribution in [0.2, 0.25) is 0 Å². The van der Waals surface area contributed by atoms with Crippen molar-refractivity contribution in [1.29, 1.82) is 0 Å². The molecule has 0 unspecified atom stereocenters. The van der Waals surface area contributed by atoms with E-state index >= 15 is 0 Å². The van der Waals surface area contributed by atoms with Crippen molar-refractivity contribution >= 4 is 17.6 Å². The van der Waals surface area contributed by atoms with Crippen molar-refractivity contribution in [3.05, 3.63) is 0 Å². The lowest BCUT2D eigenvalue weighted by molar-refractivity contribution is -0.246. The van der Waals surface area contributed by atoms with Crippen LogP contribution in [0.15, 0.2) is 0 Å². The van der Waals surface area contributed by atoms with E-state index in [4.69, 9.17) is 21.4 Å². The predicted molar refractivity (Wildman–Crippen MR) is 61.0 cm³/mol. The number of urea groups is 1. The van der Waals surface area contributed by atoms with Crippen LogP contribution in [0.1, 0.15) is 0 Å². The van der Waals surface area contributed by atoms with Gasteiger partial charge in [0.05, 0.1) is 13.2 Å². The van der Waals surface area contributed by atoms with Crippen molar-refractivity contribution < 1.29 is 30.0 Å². The molecule has 8 nitrogen and oxygen atoms in total. The van der Waals surface area contributed by atoms with Gasteiger partial charge in [-0.05, 0) is 0 Å². The molecule has 1 fully saturated rings. The van der Waals surface area contributed by atoms with Crippen molar-refractivity contribution in [3.8, 4) is 0 Å². The van der Waals surface area contributed by atoms with E-state index in [1.54, 1.807) is 0 Å². The van der Waals surface area contributed by atoms with Crippen molar-refractivity contribution in [2.45, 2.75) is 24.0 Å². The summed E-state index contributed by atoms with van der Waals surface area (Å²) in [6, 6.07) is -0.754. The van der Waals surface area contributed by atoms with E-state index in [1.165, 1.54) is 0 Å². The van der Waals surface area contributed by atoms with E-state index in [0.717, 1.165) is 0 Å². The number of ether oxygens (including phenoxy) is 1. The Morgan fingerprint density at radius 1 is 1.50 bits per heavy atom. The summed E-state index contributed by atoms with van der Waals surface area (Å²) < 4.78 is 4.95. The van der Waals surface area contributed by atoms with Gasteiger partial charge in [-0.2, -0.15) is 0 Å². The molecule has 0 aromatic carbocycles. The monoisotopic (exact) mass is 284 g/mol. The van der Waals surface area contributed by atoms with Gasteiger partial charge in [0.1, 0.15) is 18.3 Å². The van der Waals surface area contributed by atoms with Gasteiger partial charge in [-0.3, -0.25) is 0 Å². The molecule has 0 aromatic heterocycles. The average molecular weight is 285 g/mol. The summed E-state index contributed by atoms with van der Waals surface area (Å²) in [6.07, 6.45) is -4.19. The van der Waals surface area contributed by atoms with Gasteiger partial charge in [0.25, 0.3) is 0 Å². The normalized spacial score (nSPS) is 36.2. The average Bonchev–Trinajstić information content (AvgIpc) is 2.34. The Balaban J connectivity index is 2.60. The minimum Gasteiger partial charge on any atom is -0.394 e. The number of carbonyl (C=O) groups excluding carboxylic acids is 1. The Hall–Kier alpha value is -0.640. The molecule has 2 amide bonds. The fourth-order valence-corrected chi connectivity index (χ4v) is 1.67. The molecule has 1 aliphatic rings. The van der Waals surface area contributed by atoms with Crippen molar-refractivity contribution in [2.24, 2.45) is 0 Å². The second-order valence-corrected chi connectivity index (χ2v) is 4.34. The Bertz CT molecular complexity index is 294. The predicted octanol–water partition coefficient (Wildman–Crippen LogP) is -2.67. The van der Waals surface area contributed by atoms with Crippen molar-refractivity contribution in [2.75, 3.05) is 25.6 Å². The van der Waals surface area contributed by atoms with Gasteiger partial charge < -0.3 is 35.8 Å². The standard InChI is InChI=1S/C9H17ClN2O6/c10-1-2-11-8(16)12-9(17)4-18-5(3-13)6(14)7(9)15/h5-7,13-15,17H,1-4H2,(H2,11,12,16)/t5-,6-,7+,9-/m1/s1. The molecule has 0 radical (unpaired) electrons. The Labute approximate surface area is 109 Å². The van der Waals surface area contributed by atoms with Crippen molar-refractivity contribution in [3.63, 3.8) is 0 Å². The molecule has 0 saturated carbocycles. The molecule has 0 aromatic rings. The fourth-order valence-electron chi connectivity index (χ4n) is 1.58. The second-order valence-electron chi connectivity index (χ2n) is 3.96. The lowest BCUT2D eigenvalue weighted by Crippen LogP contribution is -2.70. The Morgan fingerprint density at radius 2 is 2.17 bits per heavy atom. The fraction of sp³-hybridized carbons (Fsp3) is 0.889. The van der Waals surface area contributed by atoms with E-state index in [9.17, 15) is 20.1 Å². The number of rotatable bonds is 4. The van der Waals surface area contributed by atoms with Crippen LogP contribution in [0.25, 0.3) is 0 Å². The first kappa shape index (κ1) is 15.4. The summed E-state index contributed by atoms with van der Waals surface area (Å²) >= 11 is 5.37. The number of carbonyl (C=O) groups is 1. The SMILES string of the molecule is O=C(NCCCl)N[C@@]1(O)CO[C@H](CO)[C@@H](O)[C@@H]1O. The third kappa shape index (κ3) is 3.44. The number of hydrogen-bond donors (Lipinski definition) is 6. The molecule has 1 heterocycles. The second kappa shape index (κ2) is 6.50. The van der Waals surface area contributed by atoms with E-state index in [-0.39, 0.29) is 12.4 Å². The van der Waals surface area contributed by atoms with Gasteiger partial charge in [-0.25, -0.2) is 4.79 Å². The van der Waals surface area contributed by atoms with E-state index in [0.29, 0.717) is 0 Å². The maximum atomic E-state index is 11.3. The third-order valence-corrected chi connectivity index (χ3v) is 2.79. The number of nitrogens with one attached hydrogen (secondary N) is 2. The first-order valence-corrected chi connectivity index (χ1v) is 5.91. The molecule has 0 bridgehead atoms. The van der Waals surface area contributed by atoms with Gasteiger partial charge in [0.2, 0.25) is 0 Å². The molecule has 1 rings (SSSR count). The minimum absolute atomic E-state index is 0.183. The summed E-state index contributed by atoms with van der Waals surface area (Å²) in [5, 5.41) is 42.5. The summed E-state index contributed by atoms with van der Waals surface area (Å²) in [5.74, 6) is 0.195. The maximum Gasteiger partial charge on any atom is 0.317 e. The van der Waals surface area contributed by atoms with Crippen LogP contribution in [-0.2, 0) is 4.74 Å². The molecular weight excluding hydrogens is 268 g/mol. The Kier molecular flexibility index (Phi) is 5.57. The van der Waals surface area contributed by atoms with Gasteiger partial charge in [-0.15, -0.1) is 11.6 Å². The number of halogens is 1. The number of aliphatic hydroxyl groups is 4.